The van der Waals surface area contributed by atoms with E-state index in [1.54, 1.807) is 0 Å². The molecular formula is C18H18INO6. The molecule has 3 atom stereocenters. The largest absolute Gasteiger partial charge is 0.510 e. The molecule has 3 aliphatic heterocycles. The Hall–Kier alpha value is -1.81. The zero-order valence-corrected chi connectivity index (χ0v) is 16.1. The summed E-state index contributed by atoms with van der Waals surface area (Å²) in [7, 11) is 0. The molecule has 0 aromatic heterocycles. The summed E-state index contributed by atoms with van der Waals surface area (Å²) < 4.78 is 23.0. The van der Waals surface area contributed by atoms with E-state index < -0.39 is 12.4 Å². The van der Waals surface area contributed by atoms with Crippen molar-refractivity contribution >= 4 is 34.7 Å². The smallest absolute Gasteiger partial charge is 0.468 e. The third kappa shape index (κ3) is 3.39. The van der Waals surface area contributed by atoms with Crippen molar-refractivity contribution in [3.8, 4) is 0 Å². The molecule has 1 aromatic rings. The van der Waals surface area contributed by atoms with Crippen LogP contribution in [0.25, 0.3) is 0 Å². The standard InChI is InChI=1S/C18H18INO6/c19-8-13-6-12(10-23-13)16-17(20-14(21)7-15(20)25-16)26-18(22)24-9-11-4-2-1-3-5-11/h1-5,13,15,17H,6-10H2/t13?,15-,17?/m1/s1. The lowest BCUT2D eigenvalue weighted by Crippen LogP contribution is -2.53. The molecule has 0 aliphatic carbocycles. The Morgan fingerprint density at radius 3 is 2.77 bits per heavy atom. The van der Waals surface area contributed by atoms with Gasteiger partial charge in [0.15, 0.2) is 12.0 Å². The van der Waals surface area contributed by atoms with Gasteiger partial charge in [-0.25, -0.2) is 4.79 Å². The summed E-state index contributed by atoms with van der Waals surface area (Å²) in [6, 6.07) is 9.33. The maximum Gasteiger partial charge on any atom is 0.510 e. The monoisotopic (exact) mass is 471 g/mol. The highest BCUT2D eigenvalue weighted by molar-refractivity contribution is 14.1. The van der Waals surface area contributed by atoms with Crippen LogP contribution in [0.15, 0.2) is 41.7 Å². The van der Waals surface area contributed by atoms with E-state index >= 15 is 0 Å². The molecule has 3 heterocycles. The number of amides is 1. The van der Waals surface area contributed by atoms with Crippen molar-refractivity contribution in [1.29, 1.82) is 0 Å². The highest BCUT2D eigenvalue weighted by Crippen LogP contribution is 2.40. The van der Waals surface area contributed by atoms with Crippen LogP contribution in [0.5, 0.6) is 0 Å². The summed E-state index contributed by atoms with van der Waals surface area (Å²) in [5, 5.41) is 0. The topological polar surface area (TPSA) is 74.3 Å². The van der Waals surface area contributed by atoms with Gasteiger partial charge in [0.05, 0.1) is 19.1 Å². The van der Waals surface area contributed by atoms with Gasteiger partial charge in [-0.2, -0.15) is 0 Å². The molecule has 7 nitrogen and oxygen atoms in total. The average molecular weight is 471 g/mol. The minimum Gasteiger partial charge on any atom is -0.468 e. The second kappa shape index (κ2) is 7.43. The van der Waals surface area contributed by atoms with E-state index in [4.69, 9.17) is 18.9 Å². The highest BCUT2D eigenvalue weighted by atomic mass is 127. The number of fused-ring (bicyclic) bond motifs is 1. The first-order chi connectivity index (χ1) is 12.7. The van der Waals surface area contributed by atoms with Crippen LogP contribution in [0.3, 0.4) is 0 Å². The zero-order valence-electron chi connectivity index (χ0n) is 13.9. The number of benzene rings is 1. The fourth-order valence-corrected chi connectivity index (χ4v) is 3.77. The molecular weight excluding hydrogens is 453 g/mol. The predicted octanol–water partition coefficient (Wildman–Crippen LogP) is 2.73. The number of alkyl halides is 1. The van der Waals surface area contributed by atoms with Crippen molar-refractivity contribution in [2.45, 2.75) is 38.0 Å². The SMILES string of the molecule is O=C(OCc1ccccc1)OC1C(=C2COC(CI)C2)O[C@@H]2CC(=O)N12. The summed E-state index contributed by atoms with van der Waals surface area (Å²) >= 11 is 2.27. The molecule has 4 rings (SSSR count). The highest BCUT2D eigenvalue weighted by Gasteiger charge is 2.54. The summed E-state index contributed by atoms with van der Waals surface area (Å²) in [5.74, 6) is 0.417. The van der Waals surface area contributed by atoms with Crippen LogP contribution < -0.4 is 0 Å². The van der Waals surface area contributed by atoms with Crippen LogP contribution in [0.4, 0.5) is 4.79 Å². The summed E-state index contributed by atoms with van der Waals surface area (Å²) in [6.45, 7) is 0.535. The molecule has 138 valence electrons. The first-order valence-corrected chi connectivity index (χ1v) is 9.93. The van der Waals surface area contributed by atoms with Crippen molar-refractivity contribution < 1.29 is 28.5 Å². The van der Waals surface area contributed by atoms with Crippen molar-refractivity contribution in [3.05, 3.63) is 47.2 Å². The Morgan fingerprint density at radius 2 is 2.08 bits per heavy atom. The fraction of sp³-hybridized carbons (Fsp3) is 0.444. The van der Waals surface area contributed by atoms with E-state index in [2.05, 4.69) is 22.6 Å². The fourth-order valence-electron chi connectivity index (χ4n) is 3.20. The van der Waals surface area contributed by atoms with Crippen LogP contribution >= 0.6 is 22.6 Å². The van der Waals surface area contributed by atoms with Crippen LogP contribution in [0.1, 0.15) is 18.4 Å². The summed E-state index contributed by atoms with van der Waals surface area (Å²) in [6.07, 6.45) is -0.925. The molecule has 2 unspecified atom stereocenters. The quantitative estimate of drug-likeness (QED) is 0.291. The maximum absolute atomic E-state index is 12.1. The molecule has 26 heavy (non-hydrogen) atoms. The summed E-state index contributed by atoms with van der Waals surface area (Å²) in [4.78, 5) is 25.5. The van der Waals surface area contributed by atoms with Crippen molar-refractivity contribution in [2.75, 3.05) is 11.0 Å². The third-order valence-electron chi connectivity index (χ3n) is 4.58. The lowest BCUT2D eigenvalue weighted by atomic mass is 10.1. The minimum atomic E-state index is -0.865. The van der Waals surface area contributed by atoms with E-state index in [0.717, 1.165) is 15.6 Å². The normalized spacial score (nSPS) is 29.8. The van der Waals surface area contributed by atoms with E-state index in [1.165, 1.54) is 4.90 Å². The molecule has 8 heteroatoms. The maximum atomic E-state index is 12.1. The second-order valence-corrected chi connectivity index (χ2v) is 7.21. The number of carbonyl (C=O) groups is 2. The molecule has 0 N–H and O–H groups in total. The van der Waals surface area contributed by atoms with Gasteiger partial charge < -0.3 is 18.9 Å². The zero-order chi connectivity index (χ0) is 18.1. The molecule has 0 bridgehead atoms. The number of carbonyl (C=O) groups excluding carboxylic acids is 2. The first kappa shape index (κ1) is 17.6. The number of hydrogen-bond donors (Lipinski definition) is 0. The molecule has 3 aliphatic rings. The molecule has 1 amide bonds. The Morgan fingerprint density at radius 1 is 1.27 bits per heavy atom. The first-order valence-electron chi connectivity index (χ1n) is 8.40. The number of halogens is 1. The van der Waals surface area contributed by atoms with E-state index in [-0.39, 0.29) is 24.8 Å². The lowest BCUT2D eigenvalue weighted by Gasteiger charge is -2.33. The van der Waals surface area contributed by atoms with Crippen LogP contribution in [0.2, 0.25) is 0 Å². The van der Waals surface area contributed by atoms with Gasteiger partial charge in [-0.1, -0.05) is 52.9 Å². The summed E-state index contributed by atoms with van der Waals surface area (Å²) in [5.41, 5.74) is 1.80. The molecule has 3 saturated heterocycles. The Labute approximate surface area is 164 Å². The number of hydrogen-bond acceptors (Lipinski definition) is 6. The molecule has 0 radical (unpaired) electrons. The number of ether oxygens (including phenoxy) is 4. The van der Waals surface area contributed by atoms with Gasteiger partial charge in [-0.3, -0.25) is 9.69 Å². The average Bonchev–Trinajstić information content (AvgIpc) is 3.22. The van der Waals surface area contributed by atoms with Crippen molar-refractivity contribution in [1.82, 2.24) is 4.90 Å². The number of nitrogens with zero attached hydrogens (tertiary/aromatic N) is 1. The third-order valence-corrected chi connectivity index (χ3v) is 5.57. The molecule has 1 aromatic carbocycles. The Kier molecular flexibility index (Phi) is 5.03. The van der Waals surface area contributed by atoms with Gasteiger partial charge >= 0.3 is 6.16 Å². The lowest BCUT2D eigenvalue weighted by molar-refractivity contribution is -0.165. The number of β-lactam (4-membered cyclic amide) rings is 1. The molecule has 0 spiro atoms. The second-order valence-electron chi connectivity index (χ2n) is 6.33. The minimum absolute atomic E-state index is 0.101. The predicted molar refractivity (Wildman–Crippen MR) is 98.1 cm³/mol. The van der Waals surface area contributed by atoms with Gasteiger partial charge in [0.1, 0.15) is 6.61 Å². The van der Waals surface area contributed by atoms with E-state index in [9.17, 15) is 9.59 Å². The van der Waals surface area contributed by atoms with Crippen molar-refractivity contribution in [2.24, 2.45) is 0 Å². The Balaban J connectivity index is 1.44. The van der Waals surface area contributed by atoms with Gasteiger partial charge in [-0.15, -0.1) is 0 Å². The van der Waals surface area contributed by atoms with Crippen molar-refractivity contribution in [3.63, 3.8) is 0 Å². The van der Waals surface area contributed by atoms with Gasteiger partial charge in [0, 0.05) is 16.4 Å². The van der Waals surface area contributed by atoms with Crippen LogP contribution in [0, 0.1) is 0 Å². The van der Waals surface area contributed by atoms with Gasteiger partial charge in [0.2, 0.25) is 12.1 Å². The van der Waals surface area contributed by atoms with Crippen LogP contribution in [-0.2, 0) is 30.3 Å². The number of rotatable bonds is 4. The van der Waals surface area contributed by atoms with Crippen LogP contribution in [-0.4, -0.2) is 46.6 Å². The van der Waals surface area contributed by atoms with E-state index in [0.29, 0.717) is 25.2 Å². The molecule has 0 saturated carbocycles. The Bertz CT molecular complexity index is 736. The van der Waals surface area contributed by atoms with E-state index in [1.807, 2.05) is 30.3 Å². The van der Waals surface area contributed by atoms with Gasteiger partial charge in [0.25, 0.3) is 0 Å². The van der Waals surface area contributed by atoms with Gasteiger partial charge in [-0.05, 0) is 5.56 Å². The molecule has 3 fully saturated rings.